The number of nitrogens with zero attached hydrogens (tertiary/aromatic N) is 1. The number of ether oxygens (including phenoxy) is 3. The maximum atomic E-state index is 12.0. The molecule has 8 nitrogen and oxygen atoms in total. The molecule has 0 aromatic heterocycles. The van der Waals surface area contributed by atoms with Crippen molar-refractivity contribution in [2.45, 2.75) is 26.9 Å². The van der Waals surface area contributed by atoms with Crippen molar-refractivity contribution >= 4 is 17.4 Å². The van der Waals surface area contributed by atoms with E-state index in [0.717, 1.165) is 12.1 Å². The number of hydrogen-bond donors (Lipinski definition) is 0. The van der Waals surface area contributed by atoms with E-state index in [2.05, 4.69) is 0 Å². The fourth-order valence-electron chi connectivity index (χ4n) is 1.60. The number of hydrogen-bond acceptors (Lipinski definition) is 7. The van der Waals surface area contributed by atoms with Crippen LogP contribution in [0.2, 0.25) is 0 Å². The fraction of sp³-hybridized carbons (Fsp3) is 0.429. The summed E-state index contributed by atoms with van der Waals surface area (Å²) in [6.07, 6.45) is -0.996. The number of carbonyl (C=O) groups is 2. The van der Waals surface area contributed by atoms with Gasteiger partial charge in [0.2, 0.25) is 0 Å². The van der Waals surface area contributed by atoms with Gasteiger partial charge in [0.1, 0.15) is 5.56 Å². The molecule has 120 valence electrons. The van der Waals surface area contributed by atoms with Gasteiger partial charge in [-0.15, -0.1) is 0 Å². The van der Waals surface area contributed by atoms with Gasteiger partial charge in [0.25, 0.3) is 5.69 Å². The van der Waals surface area contributed by atoms with Gasteiger partial charge in [-0.2, -0.15) is 0 Å². The Labute approximate surface area is 127 Å². The number of nitro groups is 1. The van der Waals surface area contributed by atoms with Crippen molar-refractivity contribution in [2.75, 3.05) is 13.7 Å². The number of Topliss-reactive ketones (excluding diaryl/α,β-unsaturated/α-hetero) is 1. The number of ketones is 1. The van der Waals surface area contributed by atoms with E-state index in [-0.39, 0.29) is 29.5 Å². The molecule has 22 heavy (non-hydrogen) atoms. The minimum Gasteiger partial charge on any atom is -0.493 e. The number of methoxy groups -OCH3 is 1. The minimum absolute atomic E-state index is 0.146. The second-order valence-electron chi connectivity index (χ2n) is 4.37. The first-order valence-electron chi connectivity index (χ1n) is 6.52. The maximum absolute atomic E-state index is 12.0. The van der Waals surface area contributed by atoms with Crippen LogP contribution in [0, 0.1) is 10.1 Å². The van der Waals surface area contributed by atoms with Crippen molar-refractivity contribution in [1.29, 1.82) is 0 Å². The van der Waals surface area contributed by atoms with Crippen molar-refractivity contribution in [3.8, 4) is 11.5 Å². The highest BCUT2D eigenvalue weighted by Gasteiger charge is 2.27. The number of carbonyl (C=O) groups excluding carboxylic acids is 2. The van der Waals surface area contributed by atoms with Crippen LogP contribution in [0.15, 0.2) is 12.1 Å². The Morgan fingerprint density at radius 1 is 1.32 bits per heavy atom. The van der Waals surface area contributed by atoms with Gasteiger partial charge < -0.3 is 14.2 Å². The lowest BCUT2D eigenvalue weighted by molar-refractivity contribution is -0.385. The van der Waals surface area contributed by atoms with E-state index in [1.54, 1.807) is 6.92 Å². The van der Waals surface area contributed by atoms with E-state index in [9.17, 15) is 19.7 Å². The van der Waals surface area contributed by atoms with Crippen LogP contribution in [0.25, 0.3) is 0 Å². The average molecular weight is 311 g/mol. The topological polar surface area (TPSA) is 105 Å². The molecule has 0 aliphatic heterocycles. The van der Waals surface area contributed by atoms with Crippen molar-refractivity contribution < 1.29 is 28.7 Å². The first-order chi connectivity index (χ1) is 10.3. The summed E-state index contributed by atoms with van der Waals surface area (Å²) in [6.45, 7) is 4.63. The molecule has 0 fully saturated rings. The zero-order valence-electron chi connectivity index (χ0n) is 12.7. The standard InChI is InChI=1S/C14H17NO7/c1-5-21-13-7-11(15(18)19)10(6-12(13)20-4)14(17)22-9(3)8(2)16/h6-7,9H,5H2,1-4H3. The lowest BCUT2D eigenvalue weighted by atomic mass is 10.1. The predicted octanol–water partition coefficient (Wildman–Crippen LogP) is 2.14. The van der Waals surface area contributed by atoms with Gasteiger partial charge in [-0.3, -0.25) is 14.9 Å². The van der Waals surface area contributed by atoms with Crippen molar-refractivity contribution in [3.63, 3.8) is 0 Å². The largest absolute Gasteiger partial charge is 0.493 e. The van der Waals surface area contributed by atoms with Crippen LogP contribution in [0.3, 0.4) is 0 Å². The van der Waals surface area contributed by atoms with E-state index >= 15 is 0 Å². The van der Waals surface area contributed by atoms with E-state index in [1.807, 2.05) is 0 Å². The molecule has 0 amide bonds. The summed E-state index contributed by atoms with van der Waals surface area (Å²) in [5.74, 6) is -1.03. The van der Waals surface area contributed by atoms with E-state index in [4.69, 9.17) is 14.2 Å². The molecular formula is C14H17NO7. The number of benzene rings is 1. The van der Waals surface area contributed by atoms with Gasteiger partial charge in [0.15, 0.2) is 23.4 Å². The van der Waals surface area contributed by atoms with Crippen molar-refractivity contribution in [2.24, 2.45) is 0 Å². The quantitative estimate of drug-likeness (QED) is 0.431. The molecule has 0 heterocycles. The molecule has 0 saturated heterocycles. The van der Waals surface area contributed by atoms with Crippen molar-refractivity contribution in [3.05, 3.63) is 27.8 Å². The van der Waals surface area contributed by atoms with Gasteiger partial charge in [0, 0.05) is 6.07 Å². The first-order valence-corrected chi connectivity index (χ1v) is 6.52. The maximum Gasteiger partial charge on any atom is 0.346 e. The van der Waals surface area contributed by atoms with Gasteiger partial charge in [-0.1, -0.05) is 0 Å². The molecule has 0 aliphatic carbocycles. The summed E-state index contributed by atoms with van der Waals surface area (Å²) in [7, 11) is 1.34. The molecule has 1 rings (SSSR count). The summed E-state index contributed by atoms with van der Waals surface area (Å²) < 4.78 is 15.2. The lowest BCUT2D eigenvalue weighted by Gasteiger charge is -2.13. The van der Waals surface area contributed by atoms with E-state index in [0.29, 0.717) is 0 Å². The monoisotopic (exact) mass is 311 g/mol. The summed E-state index contributed by atoms with van der Waals surface area (Å²) >= 11 is 0. The van der Waals surface area contributed by atoms with Gasteiger partial charge in [-0.25, -0.2) is 4.79 Å². The molecule has 0 radical (unpaired) electrons. The molecule has 1 aromatic carbocycles. The highest BCUT2D eigenvalue weighted by molar-refractivity contribution is 5.96. The van der Waals surface area contributed by atoms with Crippen LogP contribution in [0.1, 0.15) is 31.1 Å². The predicted molar refractivity (Wildman–Crippen MR) is 76.4 cm³/mol. The third-order valence-electron chi connectivity index (χ3n) is 2.85. The average Bonchev–Trinajstić information content (AvgIpc) is 2.46. The molecule has 1 aromatic rings. The molecule has 0 aliphatic rings. The van der Waals surface area contributed by atoms with Crippen LogP contribution >= 0.6 is 0 Å². The normalized spacial score (nSPS) is 11.5. The third-order valence-corrected chi connectivity index (χ3v) is 2.85. The fourth-order valence-corrected chi connectivity index (χ4v) is 1.60. The third kappa shape index (κ3) is 3.94. The van der Waals surface area contributed by atoms with Gasteiger partial charge >= 0.3 is 5.97 Å². The summed E-state index contributed by atoms with van der Waals surface area (Å²) in [4.78, 5) is 33.6. The first kappa shape index (κ1) is 17.4. The van der Waals surface area contributed by atoms with Crippen LogP contribution in [0.5, 0.6) is 11.5 Å². The molecule has 0 spiro atoms. The molecule has 0 bridgehead atoms. The van der Waals surface area contributed by atoms with Crippen LogP contribution in [-0.4, -0.2) is 36.5 Å². The lowest BCUT2D eigenvalue weighted by Crippen LogP contribution is -2.22. The smallest absolute Gasteiger partial charge is 0.346 e. The Balaban J connectivity index is 3.29. The molecule has 0 N–H and O–H groups in total. The molecule has 8 heteroatoms. The van der Waals surface area contributed by atoms with Crippen molar-refractivity contribution in [1.82, 2.24) is 0 Å². The Kier molecular flexibility index (Phi) is 5.85. The van der Waals surface area contributed by atoms with Gasteiger partial charge in [0.05, 0.1) is 24.7 Å². The highest BCUT2D eigenvalue weighted by atomic mass is 16.6. The zero-order chi connectivity index (χ0) is 16.9. The van der Waals surface area contributed by atoms with Crippen LogP contribution < -0.4 is 9.47 Å². The minimum atomic E-state index is -0.996. The van der Waals surface area contributed by atoms with Crippen LogP contribution in [-0.2, 0) is 9.53 Å². The Morgan fingerprint density at radius 2 is 1.95 bits per heavy atom. The highest BCUT2D eigenvalue weighted by Crippen LogP contribution is 2.35. The molecule has 1 unspecified atom stereocenters. The summed E-state index contributed by atoms with van der Waals surface area (Å²) in [6, 6.07) is 2.26. The second kappa shape index (κ2) is 7.39. The summed E-state index contributed by atoms with van der Waals surface area (Å²) in [5, 5.41) is 11.1. The second-order valence-corrected chi connectivity index (χ2v) is 4.37. The molecular weight excluding hydrogens is 294 g/mol. The Morgan fingerprint density at radius 3 is 2.41 bits per heavy atom. The van der Waals surface area contributed by atoms with E-state index in [1.165, 1.54) is 21.0 Å². The Bertz CT molecular complexity index is 597. The number of esters is 1. The van der Waals surface area contributed by atoms with E-state index < -0.39 is 22.7 Å². The number of rotatable bonds is 7. The van der Waals surface area contributed by atoms with Crippen LogP contribution in [0.4, 0.5) is 5.69 Å². The Hall–Kier alpha value is -2.64. The molecule has 0 saturated carbocycles. The zero-order valence-corrected chi connectivity index (χ0v) is 12.7. The SMILES string of the molecule is CCOc1cc([N+](=O)[O-])c(C(=O)OC(C)C(C)=O)cc1OC. The number of nitro benzene ring substituents is 1. The van der Waals surface area contributed by atoms with Gasteiger partial charge in [-0.05, 0) is 20.8 Å². The molecule has 1 atom stereocenters. The summed E-state index contributed by atoms with van der Waals surface area (Å²) in [5.41, 5.74) is -0.789.